The smallest absolute Gasteiger partial charge is 0.126 e. The molecule has 1 rings (SSSR count). The van der Waals surface area contributed by atoms with Crippen LogP contribution in [-0.4, -0.2) is 13.2 Å². The third-order valence-corrected chi connectivity index (χ3v) is 12.9. The molecule has 335 valence electrons. The van der Waals surface area contributed by atoms with Crippen molar-refractivity contribution in [3.8, 4) is 11.5 Å². The lowest BCUT2D eigenvalue weighted by molar-refractivity contribution is 0.214. The number of ether oxygens (including phenoxy) is 2. The minimum atomic E-state index is 0.639. The molecule has 0 aliphatic carbocycles. The Morgan fingerprint density at radius 3 is 0.912 bits per heavy atom. The van der Waals surface area contributed by atoms with E-state index in [4.69, 9.17) is 9.47 Å². The van der Waals surface area contributed by atoms with Crippen molar-refractivity contribution in [2.24, 2.45) is 11.8 Å². The van der Waals surface area contributed by atoms with Crippen molar-refractivity contribution < 1.29 is 9.47 Å². The molecule has 1 radical (unpaired) electrons. The first-order valence-electron chi connectivity index (χ1n) is 26.4. The third kappa shape index (κ3) is 35.3. The summed E-state index contributed by atoms with van der Waals surface area (Å²) >= 11 is 0. The van der Waals surface area contributed by atoms with Crippen LogP contribution in [0.25, 0.3) is 0 Å². The van der Waals surface area contributed by atoms with E-state index in [0.29, 0.717) is 11.8 Å². The highest BCUT2D eigenvalue weighted by Gasteiger charge is 2.14. The first-order valence-corrected chi connectivity index (χ1v) is 26.4. The van der Waals surface area contributed by atoms with E-state index < -0.39 is 0 Å². The maximum atomic E-state index is 6.63. The Labute approximate surface area is 360 Å². The summed E-state index contributed by atoms with van der Waals surface area (Å²) < 4.78 is 13.2. The second-order valence-corrected chi connectivity index (χ2v) is 18.6. The van der Waals surface area contributed by atoms with Crippen molar-refractivity contribution in [2.75, 3.05) is 13.2 Å². The lowest BCUT2D eigenvalue weighted by atomic mass is 9.94. The van der Waals surface area contributed by atoms with E-state index in [1.807, 2.05) is 0 Å². The first-order chi connectivity index (χ1) is 28.1. The van der Waals surface area contributed by atoms with Crippen molar-refractivity contribution in [1.29, 1.82) is 0 Å². The van der Waals surface area contributed by atoms with Gasteiger partial charge in [0.05, 0.1) is 13.2 Å². The molecule has 0 aliphatic rings. The average molecular weight is 796 g/mol. The molecule has 0 spiro atoms. The van der Waals surface area contributed by atoms with Crippen LogP contribution in [0.5, 0.6) is 11.5 Å². The molecule has 1 aromatic carbocycles. The molecule has 2 unspecified atom stereocenters. The molecule has 0 saturated heterocycles. The third-order valence-electron chi connectivity index (χ3n) is 12.9. The van der Waals surface area contributed by atoms with Gasteiger partial charge in [-0.15, -0.1) is 0 Å². The van der Waals surface area contributed by atoms with Gasteiger partial charge in [-0.1, -0.05) is 265 Å². The minimum absolute atomic E-state index is 0.639. The van der Waals surface area contributed by atoms with Gasteiger partial charge in [-0.3, -0.25) is 0 Å². The largest absolute Gasteiger partial charge is 0.493 e. The van der Waals surface area contributed by atoms with Gasteiger partial charge in [0.25, 0.3) is 0 Å². The predicted molar refractivity (Wildman–Crippen MR) is 256 cm³/mol. The summed E-state index contributed by atoms with van der Waals surface area (Å²) in [4.78, 5) is 0. The highest BCUT2D eigenvalue weighted by molar-refractivity contribution is 5.42. The quantitative estimate of drug-likeness (QED) is 0.0612. The van der Waals surface area contributed by atoms with Crippen molar-refractivity contribution >= 4 is 0 Å². The van der Waals surface area contributed by atoms with Gasteiger partial charge in [0.15, 0.2) is 0 Å². The second kappa shape index (κ2) is 42.9. The molecule has 0 amide bonds. The van der Waals surface area contributed by atoms with Crippen LogP contribution in [0, 0.1) is 18.8 Å². The predicted octanol–water partition coefficient (Wildman–Crippen LogP) is 19.5. The Balaban J connectivity index is 2.64. The summed E-state index contributed by atoms with van der Waals surface area (Å²) in [6.45, 7) is 15.3. The fraction of sp³-hybridized carbons (Fsp3) is 0.873. The van der Waals surface area contributed by atoms with Crippen molar-refractivity contribution in [3.05, 3.63) is 30.7 Å². The van der Waals surface area contributed by atoms with E-state index in [0.717, 1.165) is 30.3 Å². The van der Waals surface area contributed by atoms with Crippen LogP contribution in [0.3, 0.4) is 0 Å². The van der Waals surface area contributed by atoms with E-state index in [1.165, 1.54) is 257 Å². The second-order valence-electron chi connectivity index (χ2n) is 18.6. The Morgan fingerprint density at radius 2 is 0.614 bits per heavy atom. The Morgan fingerprint density at radius 1 is 0.351 bits per heavy atom. The summed E-state index contributed by atoms with van der Waals surface area (Å²) in [7, 11) is 0. The van der Waals surface area contributed by atoms with Crippen molar-refractivity contribution in [3.63, 3.8) is 0 Å². The summed E-state index contributed by atoms with van der Waals surface area (Å²) in [5.41, 5.74) is 0.993. The molecule has 0 N–H and O–H groups in total. The highest BCUT2D eigenvalue weighted by atomic mass is 16.5. The van der Waals surface area contributed by atoms with Crippen molar-refractivity contribution in [1.82, 2.24) is 0 Å². The van der Waals surface area contributed by atoms with Crippen LogP contribution in [0.1, 0.15) is 290 Å². The number of benzene rings is 1. The number of rotatable bonds is 46. The monoisotopic (exact) mass is 796 g/mol. The van der Waals surface area contributed by atoms with E-state index in [2.05, 4.69) is 52.8 Å². The summed E-state index contributed by atoms with van der Waals surface area (Å²) in [5.74, 6) is 3.20. The molecule has 57 heavy (non-hydrogen) atoms. The van der Waals surface area contributed by atoms with Crippen molar-refractivity contribution in [2.45, 2.75) is 285 Å². The zero-order valence-electron chi connectivity index (χ0n) is 39.6. The van der Waals surface area contributed by atoms with Crippen LogP contribution in [0.2, 0.25) is 0 Å². The molecular formula is C55H103O2. The molecule has 1 aromatic rings. The van der Waals surface area contributed by atoms with Gasteiger partial charge < -0.3 is 9.47 Å². The fourth-order valence-electron chi connectivity index (χ4n) is 8.78. The molecule has 2 heteroatoms. The minimum Gasteiger partial charge on any atom is -0.493 e. The van der Waals surface area contributed by atoms with Gasteiger partial charge in [0.2, 0.25) is 0 Å². The molecule has 0 fully saturated rings. The number of hydrogen-bond acceptors (Lipinski definition) is 2. The first kappa shape index (κ1) is 53.8. The Bertz CT molecular complexity index is 925. The summed E-state index contributed by atoms with van der Waals surface area (Å²) in [6, 6.07) is 6.41. The zero-order valence-corrected chi connectivity index (χ0v) is 39.6. The van der Waals surface area contributed by atoms with Gasteiger partial charge in [0, 0.05) is 6.07 Å². The standard InChI is InChI=1S/C55H103O2/c1-6-10-14-18-22-26-28-32-36-39-43-52(42-38-34-30-24-20-16-12-8-3)49-56-54-47-46-51(5)55(48-54)57-50-53(44-40-35-31-25-21-17-13-9-4)45-41-37-33-29-27-23-19-15-11-7-2/h46-48,52-53H,5-45,49-50H2,1-4H3. The van der Waals surface area contributed by atoms with Gasteiger partial charge in [0.1, 0.15) is 11.5 Å². The molecule has 0 bridgehead atoms. The molecule has 2 atom stereocenters. The Hall–Kier alpha value is -1.18. The average Bonchev–Trinajstić information content (AvgIpc) is 3.22. The molecule has 0 heterocycles. The number of hydrogen-bond donors (Lipinski definition) is 0. The van der Waals surface area contributed by atoms with E-state index >= 15 is 0 Å². The molecule has 0 saturated carbocycles. The topological polar surface area (TPSA) is 18.5 Å². The maximum Gasteiger partial charge on any atom is 0.126 e. The Kier molecular flexibility index (Phi) is 40.5. The lowest BCUT2D eigenvalue weighted by Gasteiger charge is -2.20. The number of unbranched alkanes of at least 4 members (excludes halogenated alkanes) is 32. The highest BCUT2D eigenvalue weighted by Crippen LogP contribution is 2.29. The zero-order chi connectivity index (χ0) is 41.1. The molecular weight excluding hydrogens is 693 g/mol. The normalized spacial score (nSPS) is 12.6. The summed E-state index contributed by atoms with van der Waals surface area (Å²) in [6.07, 6.45) is 55.6. The van der Waals surface area contributed by atoms with Crippen LogP contribution in [0.4, 0.5) is 0 Å². The maximum absolute atomic E-state index is 6.63. The van der Waals surface area contributed by atoms with E-state index in [1.54, 1.807) is 0 Å². The SMILES string of the molecule is [CH2]c1ccc(OCC(CCCCCCCCCC)CCCCCCCCCCCC)cc1OCC(CCCCCCCCCC)CCCCCCCCCCCC. The van der Waals surface area contributed by atoms with E-state index in [9.17, 15) is 0 Å². The van der Waals surface area contributed by atoms with Crippen LogP contribution < -0.4 is 9.47 Å². The molecule has 2 nitrogen and oxygen atoms in total. The van der Waals surface area contributed by atoms with Gasteiger partial charge >= 0.3 is 0 Å². The van der Waals surface area contributed by atoms with Gasteiger partial charge in [-0.25, -0.2) is 0 Å². The van der Waals surface area contributed by atoms with Gasteiger partial charge in [-0.2, -0.15) is 0 Å². The van der Waals surface area contributed by atoms with Gasteiger partial charge in [-0.05, 0) is 56.1 Å². The lowest BCUT2D eigenvalue weighted by Crippen LogP contribution is -2.14. The van der Waals surface area contributed by atoms with Crippen LogP contribution in [-0.2, 0) is 0 Å². The fourth-order valence-corrected chi connectivity index (χ4v) is 8.78. The van der Waals surface area contributed by atoms with Crippen LogP contribution in [0.15, 0.2) is 18.2 Å². The molecule has 0 aromatic heterocycles. The summed E-state index contributed by atoms with van der Waals surface area (Å²) in [5, 5.41) is 0. The van der Waals surface area contributed by atoms with E-state index in [-0.39, 0.29) is 0 Å². The van der Waals surface area contributed by atoms with Crippen LogP contribution >= 0.6 is 0 Å². The molecule has 0 aliphatic heterocycles.